The van der Waals surface area contributed by atoms with E-state index in [1.54, 1.807) is 18.0 Å². The maximum atomic E-state index is 13.9. The number of rotatable bonds is 6. The fraction of sp³-hybridized carbons (Fsp3) is 0.500. The van der Waals surface area contributed by atoms with Crippen molar-refractivity contribution < 1.29 is 18.7 Å². The van der Waals surface area contributed by atoms with Gasteiger partial charge in [0.1, 0.15) is 12.8 Å². The third-order valence-electron chi connectivity index (χ3n) is 5.40. The number of nitrogens with zero attached hydrogens (tertiary/aromatic N) is 5. The van der Waals surface area contributed by atoms with E-state index in [9.17, 15) is 14.0 Å². The molecule has 2 aliphatic heterocycles. The summed E-state index contributed by atoms with van der Waals surface area (Å²) in [6.45, 7) is 3.12. The SMILES string of the molecule is CCOCC(=O)N1CC(F)CC1Cn1cc(C(=O)N2CCc3ccccc32)nn1. The normalized spacial score (nSPS) is 20.9. The van der Waals surface area contributed by atoms with Gasteiger partial charge >= 0.3 is 0 Å². The van der Waals surface area contributed by atoms with Gasteiger partial charge in [0, 0.05) is 25.3 Å². The molecule has 2 unspecified atom stereocenters. The van der Waals surface area contributed by atoms with Gasteiger partial charge in [0.2, 0.25) is 5.91 Å². The number of alkyl halides is 1. The summed E-state index contributed by atoms with van der Waals surface area (Å²) in [5.74, 6) is -0.442. The van der Waals surface area contributed by atoms with Crippen molar-refractivity contribution in [2.45, 2.75) is 38.5 Å². The number of para-hydroxylation sites is 1. The molecule has 8 nitrogen and oxygen atoms in total. The molecular formula is C20H24FN5O3. The number of benzene rings is 1. The number of carbonyl (C=O) groups is 2. The van der Waals surface area contributed by atoms with Crippen LogP contribution in [0.3, 0.4) is 0 Å². The zero-order valence-corrected chi connectivity index (χ0v) is 16.3. The fourth-order valence-corrected chi connectivity index (χ4v) is 4.00. The third kappa shape index (κ3) is 4.00. The largest absolute Gasteiger partial charge is 0.372 e. The number of hydrogen-bond acceptors (Lipinski definition) is 5. The molecule has 1 saturated heterocycles. The van der Waals surface area contributed by atoms with Crippen LogP contribution in [0.15, 0.2) is 30.5 Å². The van der Waals surface area contributed by atoms with Crippen molar-refractivity contribution in [3.8, 4) is 0 Å². The first kappa shape index (κ1) is 19.5. The first-order chi connectivity index (χ1) is 14.1. The quantitative estimate of drug-likeness (QED) is 0.732. The van der Waals surface area contributed by atoms with Crippen molar-refractivity contribution in [3.63, 3.8) is 0 Å². The summed E-state index contributed by atoms with van der Waals surface area (Å²) in [6.07, 6.45) is 1.55. The molecule has 2 atom stereocenters. The van der Waals surface area contributed by atoms with E-state index in [0.29, 0.717) is 13.2 Å². The molecule has 0 aliphatic carbocycles. The van der Waals surface area contributed by atoms with Gasteiger partial charge in [-0.25, -0.2) is 9.07 Å². The van der Waals surface area contributed by atoms with Crippen LogP contribution in [0.25, 0.3) is 0 Å². The maximum Gasteiger partial charge on any atom is 0.280 e. The van der Waals surface area contributed by atoms with Crippen LogP contribution in [0.4, 0.5) is 10.1 Å². The molecule has 0 bridgehead atoms. The third-order valence-corrected chi connectivity index (χ3v) is 5.40. The minimum atomic E-state index is -1.07. The van der Waals surface area contributed by atoms with Crippen LogP contribution < -0.4 is 4.90 Å². The van der Waals surface area contributed by atoms with Crippen LogP contribution in [0, 0.1) is 0 Å². The number of amides is 2. The number of halogens is 1. The predicted octanol–water partition coefficient (Wildman–Crippen LogP) is 1.46. The minimum absolute atomic E-state index is 0.0572. The highest BCUT2D eigenvalue weighted by molar-refractivity contribution is 6.05. The lowest BCUT2D eigenvalue weighted by atomic mass is 10.2. The van der Waals surface area contributed by atoms with E-state index >= 15 is 0 Å². The van der Waals surface area contributed by atoms with Crippen molar-refractivity contribution in [3.05, 3.63) is 41.7 Å². The highest BCUT2D eigenvalue weighted by atomic mass is 19.1. The van der Waals surface area contributed by atoms with Crippen molar-refractivity contribution in [1.29, 1.82) is 0 Å². The van der Waals surface area contributed by atoms with Gasteiger partial charge in [-0.15, -0.1) is 5.10 Å². The van der Waals surface area contributed by atoms with Crippen LogP contribution in [-0.2, 0) is 22.5 Å². The van der Waals surface area contributed by atoms with Crippen molar-refractivity contribution >= 4 is 17.5 Å². The fourth-order valence-electron chi connectivity index (χ4n) is 4.00. The molecule has 1 aromatic carbocycles. The molecule has 0 N–H and O–H groups in total. The first-order valence-electron chi connectivity index (χ1n) is 9.88. The van der Waals surface area contributed by atoms with E-state index in [2.05, 4.69) is 10.3 Å². The van der Waals surface area contributed by atoms with E-state index in [0.717, 1.165) is 17.7 Å². The molecule has 2 amide bonds. The van der Waals surface area contributed by atoms with Gasteiger partial charge in [0.15, 0.2) is 5.69 Å². The summed E-state index contributed by atoms with van der Waals surface area (Å²) < 4.78 is 20.6. The van der Waals surface area contributed by atoms with E-state index < -0.39 is 6.17 Å². The monoisotopic (exact) mass is 401 g/mol. The number of fused-ring (bicyclic) bond motifs is 1. The second-order valence-corrected chi connectivity index (χ2v) is 7.33. The summed E-state index contributed by atoms with van der Waals surface area (Å²) in [5.41, 5.74) is 2.27. The molecule has 154 valence electrons. The second kappa shape index (κ2) is 8.28. The lowest BCUT2D eigenvalue weighted by Crippen LogP contribution is -2.40. The van der Waals surface area contributed by atoms with Crippen LogP contribution in [-0.4, -0.2) is 70.2 Å². The van der Waals surface area contributed by atoms with Gasteiger partial charge in [-0.1, -0.05) is 23.4 Å². The summed E-state index contributed by atoms with van der Waals surface area (Å²) >= 11 is 0. The number of ether oxygens (including phenoxy) is 1. The van der Waals surface area contributed by atoms with E-state index in [4.69, 9.17) is 4.74 Å². The van der Waals surface area contributed by atoms with Crippen LogP contribution in [0.1, 0.15) is 29.4 Å². The average molecular weight is 401 g/mol. The Balaban J connectivity index is 1.44. The molecule has 3 heterocycles. The number of anilines is 1. The van der Waals surface area contributed by atoms with E-state index in [1.807, 2.05) is 24.3 Å². The molecule has 0 radical (unpaired) electrons. The number of aromatic nitrogens is 3. The molecule has 9 heteroatoms. The van der Waals surface area contributed by atoms with Gasteiger partial charge in [0.05, 0.1) is 25.3 Å². The minimum Gasteiger partial charge on any atom is -0.372 e. The standard InChI is InChI=1S/C20H24FN5O3/c1-2-29-13-19(27)26-10-15(21)9-16(26)11-24-12-17(22-23-24)20(28)25-8-7-14-5-3-4-6-18(14)25/h3-6,12,15-16H,2,7-11,13H2,1H3. The van der Waals surface area contributed by atoms with Crippen LogP contribution in [0.2, 0.25) is 0 Å². The molecule has 1 aromatic heterocycles. The smallest absolute Gasteiger partial charge is 0.280 e. The summed E-state index contributed by atoms with van der Waals surface area (Å²) in [6, 6.07) is 7.46. The Hall–Kier alpha value is -2.81. The maximum absolute atomic E-state index is 13.9. The van der Waals surface area contributed by atoms with Crippen molar-refractivity contribution in [2.75, 3.05) is 31.2 Å². The molecule has 29 heavy (non-hydrogen) atoms. The molecule has 2 aliphatic rings. The van der Waals surface area contributed by atoms with Gasteiger partial charge in [0.25, 0.3) is 5.91 Å². The molecule has 0 spiro atoms. The van der Waals surface area contributed by atoms with Gasteiger partial charge in [-0.3, -0.25) is 9.59 Å². The Kier molecular flexibility index (Phi) is 5.57. The number of hydrogen-bond donors (Lipinski definition) is 0. The van der Waals surface area contributed by atoms with E-state index in [-0.39, 0.29) is 49.7 Å². The Morgan fingerprint density at radius 2 is 2.14 bits per heavy atom. The Labute approximate surface area is 168 Å². The van der Waals surface area contributed by atoms with Gasteiger partial charge in [-0.2, -0.15) is 0 Å². The second-order valence-electron chi connectivity index (χ2n) is 7.33. The molecule has 1 fully saturated rings. The van der Waals surface area contributed by atoms with Crippen molar-refractivity contribution in [1.82, 2.24) is 19.9 Å². The average Bonchev–Trinajstić information content (AvgIpc) is 3.44. The van der Waals surface area contributed by atoms with Crippen LogP contribution in [0.5, 0.6) is 0 Å². The summed E-state index contributed by atoms with van der Waals surface area (Å²) in [4.78, 5) is 28.4. The topological polar surface area (TPSA) is 80.6 Å². The van der Waals surface area contributed by atoms with Crippen LogP contribution >= 0.6 is 0 Å². The summed E-state index contributed by atoms with van der Waals surface area (Å²) in [7, 11) is 0. The zero-order chi connectivity index (χ0) is 20.4. The lowest BCUT2D eigenvalue weighted by Gasteiger charge is -2.23. The molecule has 2 aromatic rings. The Morgan fingerprint density at radius 1 is 1.31 bits per heavy atom. The molecular weight excluding hydrogens is 377 g/mol. The van der Waals surface area contributed by atoms with Gasteiger partial charge in [-0.05, 0) is 25.0 Å². The molecule has 4 rings (SSSR count). The lowest BCUT2D eigenvalue weighted by molar-refractivity contribution is -0.137. The highest BCUT2D eigenvalue weighted by Crippen LogP contribution is 2.28. The van der Waals surface area contributed by atoms with E-state index in [1.165, 1.54) is 9.58 Å². The number of carbonyl (C=O) groups excluding carboxylic acids is 2. The number of likely N-dealkylation sites (tertiary alicyclic amines) is 1. The highest BCUT2D eigenvalue weighted by Gasteiger charge is 2.36. The predicted molar refractivity (Wildman–Crippen MR) is 103 cm³/mol. The first-order valence-corrected chi connectivity index (χ1v) is 9.88. The Morgan fingerprint density at radius 3 is 2.97 bits per heavy atom. The van der Waals surface area contributed by atoms with Gasteiger partial charge < -0.3 is 14.5 Å². The van der Waals surface area contributed by atoms with Crippen molar-refractivity contribution in [2.24, 2.45) is 0 Å². The summed E-state index contributed by atoms with van der Waals surface area (Å²) in [5, 5.41) is 8.05. The Bertz CT molecular complexity index is 902. The molecule has 0 saturated carbocycles. The zero-order valence-electron chi connectivity index (χ0n) is 16.3.